The fraction of sp³-hybridized carbons (Fsp3) is 0.136. The van der Waals surface area contributed by atoms with Crippen LogP contribution in [0.5, 0.6) is 11.8 Å². The highest BCUT2D eigenvalue weighted by Gasteiger charge is 2.13. The molecule has 3 aromatic rings. The van der Waals surface area contributed by atoms with Crippen LogP contribution in [0.2, 0.25) is 0 Å². The molecule has 1 N–H and O–H groups in total. The molecule has 0 aliphatic heterocycles. The predicted molar refractivity (Wildman–Crippen MR) is 107 cm³/mol. The number of carbonyl (C=O) groups is 1. The highest BCUT2D eigenvalue weighted by atomic mass is 19.1. The number of amides is 1. The number of nitrogens with one attached hydrogen (secondary N) is 1. The van der Waals surface area contributed by atoms with Gasteiger partial charge in [0.25, 0.3) is 0 Å². The fourth-order valence-electron chi connectivity index (χ4n) is 2.64. The van der Waals surface area contributed by atoms with Gasteiger partial charge in [-0.1, -0.05) is 36.4 Å². The Bertz CT molecular complexity index is 1020. The van der Waals surface area contributed by atoms with E-state index in [4.69, 9.17) is 4.74 Å². The van der Waals surface area contributed by atoms with Crippen LogP contribution >= 0.6 is 0 Å². The maximum absolute atomic E-state index is 13.7. The third-order valence-corrected chi connectivity index (χ3v) is 4.14. The van der Waals surface area contributed by atoms with Crippen molar-refractivity contribution in [2.45, 2.75) is 20.8 Å². The number of rotatable bonds is 5. The highest BCUT2D eigenvalue weighted by molar-refractivity contribution is 6.02. The molecule has 0 saturated heterocycles. The Hall–Kier alpha value is -3.54. The van der Waals surface area contributed by atoms with Crippen LogP contribution in [-0.4, -0.2) is 15.9 Å². The van der Waals surface area contributed by atoms with Crippen LogP contribution < -0.4 is 10.1 Å². The summed E-state index contributed by atoms with van der Waals surface area (Å²) in [5, 5.41) is 2.79. The number of nitrogens with zero attached hydrogens (tertiary/aromatic N) is 2. The number of para-hydroxylation sites is 1. The molecule has 28 heavy (non-hydrogen) atoms. The molecule has 0 unspecified atom stereocenters. The molecule has 142 valence electrons. The summed E-state index contributed by atoms with van der Waals surface area (Å²) in [7, 11) is 0. The minimum Gasteiger partial charge on any atom is -0.421 e. The van der Waals surface area contributed by atoms with Crippen LogP contribution in [-0.2, 0) is 4.79 Å². The minimum absolute atomic E-state index is 0.0218. The van der Waals surface area contributed by atoms with Gasteiger partial charge in [0.15, 0.2) is 11.6 Å². The highest BCUT2D eigenvalue weighted by Crippen LogP contribution is 2.25. The molecule has 6 heteroatoms. The van der Waals surface area contributed by atoms with Crippen molar-refractivity contribution in [1.29, 1.82) is 0 Å². The number of aryl methyl sites for hydroxylation is 3. The van der Waals surface area contributed by atoms with Crippen molar-refractivity contribution in [3.8, 4) is 11.8 Å². The van der Waals surface area contributed by atoms with E-state index < -0.39 is 5.82 Å². The SMILES string of the molecule is Cc1ccccc1/C=C/C(=O)Nc1c(C)nc(Oc2ccccc2F)nc1C. The van der Waals surface area contributed by atoms with Crippen molar-refractivity contribution in [2.75, 3.05) is 5.32 Å². The van der Waals surface area contributed by atoms with Gasteiger partial charge in [0.1, 0.15) is 0 Å². The lowest BCUT2D eigenvalue weighted by atomic mass is 10.1. The molecule has 3 rings (SSSR count). The molecule has 5 nitrogen and oxygen atoms in total. The maximum atomic E-state index is 13.7. The standard InChI is InChI=1S/C22H20FN3O2/c1-14-8-4-5-9-17(14)12-13-20(27)26-21-15(2)24-22(25-16(21)3)28-19-11-7-6-10-18(19)23/h4-13H,1-3H3,(H,26,27)/b13-12+. The number of aromatic nitrogens is 2. The third-order valence-electron chi connectivity index (χ3n) is 4.14. The average Bonchev–Trinajstić information content (AvgIpc) is 2.66. The third kappa shape index (κ3) is 4.59. The van der Waals surface area contributed by atoms with Crippen molar-refractivity contribution in [3.63, 3.8) is 0 Å². The van der Waals surface area contributed by atoms with Crippen LogP contribution in [0.15, 0.2) is 54.6 Å². The van der Waals surface area contributed by atoms with Gasteiger partial charge in [-0.15, -0.1) is 0 Å². The topological polar surface area (TPSA) is 64.1 Å². The van der Waals surface area contributed by atoms with E-state index in [0.29, 0.717) is 17.1 Å². The second-order valence-corrected chi connectivity index (χ2v) is 6.26. The number of hydrogen-bond acceptors (Lipinski definition) is 4. The van der Waals surface area contributed by atoms with Gasteiger partial charge in [-0.05, 0) is 50.1 Å². The molecule has 1 aromatic heterocycles. The summed E-state index contributed by atoms with van der Waals surface area (Å²) >= 11 is 0. The number of anilines is 1. The monoisotopic (exact) mass is 377 g/mol. The van der Waals surface area contributed by atoms with Crippen LogP contribution in [0.4, 0.5) is 10.1 Å². The Kier molecular flexibility index (Phi) is 5.79. The molecular formula is C22H20FN3O2. The zero-order chi connectivity index (χ0) is 20.1. The Morgan fingerprint density at radius 2 is 1.64 bits per heavy atom. The van der Waals surface area contributed by atoms with Gasteiger partial charge >= 0.3 is 6.01 Å². The smallest absolute Gasteiger partial charge is 0.322 e. The summed E-state index contributed by atoms with van der Waals surface area (Å²) in [6.45, 7) is 5.43. The van der Waals surface area contributed by atoms with E-state index in [1.807, 2.05) is 31.2 Å². The van der Waals surface area contributed by atoms with Crippen molar-refractivity contribution in [1.82, 2.24) is 9.97 Å². The largest absolute Gasteiger partial charge is 0.421 e. The van der Waals surface area contributed by atoms with Gasteiger partial charge in [-0.2, -0.15) is 9.97 Å². The quantitative estimate of drug-likeness (QED) is 0.637. The molecule has 0 saturated carbocycles. The zero-order valence-electron chi connectivity index (χ0n) is 15.9. The molecule has 0 atom stereocenters. The number of halogens is 1. The average molecular weight is 377 g/mol. The normalized spacial score (nSPS) is 10.9. The lowest BCUT2D eigenvalue weighted by molar-refractivity contribution is -0.111. The summed E-state index contributed by atoms with van der Waals surface area (Å²) in [6.07, 6.45) is 3.22. The van der Waals surface area contributed by atoms with Crippen molar-refractivity contribution < 1.29 is 13.9 Å². The van der Waals surface area contributed by atoms with Crippen molar-refractivity contribution in [3.05, 3.63) is 82.9 Å². The van der Waals surface area contributed by atoms with E-state index in [9.17, 15) is 9.18 Å². The van der Waals surface area contributed by atoms with E-state index in [0.717, 1.165) is 11.1 Å². The summed E-state index contributed by atoms with van der Waals surface area (Å²) in [6, 6.07) is 13.8. The van der Waals surface area contributed by atoms with Crippen LogP contribution in [0, 0.1) is 26.6 Å². The molecule has 2 aromatic carbocycles. The number of carbonyl (C=O) groups excluding carboxylic acids is 1. The number of benzene rings is 2. The van der Waals surface area contributed by atoms with Crippen LogP contribution in [0.3, 0.4) is 0 Å². The van der Waals surface area contributed by atoms with Gasteiger partial charge in [0.05, 0.1) is 17.1 Å². The van der Waals surface area contributed by atoms with Gasteiger partial charge in [-0.25, -0.2) is 4.39 Å². The first-order chi connectivity index (χ1) is 13.4. The van der Waals surface area contributed by atoms with Crippen molar-refractivity contribution in [2.24, 2.45) is 0 Å². The molecule has 0 spiro atoms. The summed E-state index contributed by atoms with van der Waals surface area (Å²) in [5.41, 5.74) is 3.60. The molecule has 0 aliphatic rings. The first-order valence-electron chi connectivity index (χ1n) is 8.76. The second kappa shape index (κ2) is 8.43. The maximum Gasteiger partial charge on any atom is 0.322 e. The van der Waals surface area contributed by atoms with E-state index in [2.05, 4.69) is 15.3 Å². The van der Waals surface area contributed by atoms with Gasteiger partial charge in [0, 0.05) is 6.08 Å². The van der Waals surface area contributed by atoms with Gasteiger partial charge < -0.3 is 10.1 Å². The van der Waals surface area contributed by atoms with Crippen LogP contribution in [0.25, 0.3) is 6.08 Å². The lowest BCUT2D eigenvalue weighted by Gasteiger charge is -2.11. The lowest BCUT2D eigenvalue weighted by Crippen LogP contribution is -2.12. The molecule has 0 bridgehead atoms. The van der Waals surface area contributed by atoms with Crippen LogP contribution in [0.1, 0.15) is 22.5 Å². The van der Waals surface area contributed by atoms with Gasteiger partial charge in [-0.3, -0.25) is 4.79 Å². The van der Waals surface area contributed by atoms with E-state index >= 15 is 0 Å². The number of ether oxygens (including phenoxy) is 1. The summed E-state index contributed by atoms with van der Waals surface area (Å²) < 4.78 is 19.2. The minimum atomic E-state index is -0.500. The molecular weight excluding hydrogens is 357 g/mol. The Balaban J connectivity index is 1.75. The number of hydrogen-bond donors (Lipinski definition) is 1. The first-order valence-corrected chi connectivity index (χ1v) is 8.76. The Labute approximate surface area is 162 Å². The molecule has 1 amide bonds. The van der Waals surface area contributed by atoms with E-state index in [1.165, 1.54) is 18.2 Å². The van der Waals surface area contributed by atoms with E-state index in [-0.39, 0.29) is 17.7 Å². The Morgan fingerprint density at radius 1 is 1.00 bits per heavy atom. The predicted octanol–water partition coefficient (Wildman–Crippen LogP) is 4.99. The van der Waals surface area contributed by atoms with Gasteiger partial charge in [0.2, 0.25) is 5.91 Å². The Morgan fingerprint density at radius 3 is 2.32 bits per heavy atom. The fourth-order valence-corrected chi connectivity index (χ4v) is 2.64. The zero-order valence-corrected chi connectivity index (χ0v) is 15.9. The molecule has 0 aliphatic carbocycles. The molecule has 0 fully saturated rings. The molecule has 0 radical (unpaired) electrons. The van der Waals surface area contributed by atoms with E-state index in [1.54, 1.807) is 32.1 Å². The molecule has 1 heterocycles. The van der Waals surface area contributed by atoms with Crippen molar-refractivity contribution >= 4 is 17.7 Å². The summed E-state index contributed by atoms with van der Waals surface area (Å²) in [4.78, 5) is 20.7. The summed E-state index contributed by atoms with van der Waals surface area (Å²) in [5.74, 6) is -0.750. The second-order valence-electron chi connectivity index (χ2n) is 6.26. The first kappa shape index (κ1) is 19.2.